The van der Waals surface area contributed by atoms with Crippen LogP contribution in [-0.2, 0) is 4.79 Å². The van der Waals surface area contributed by atoms with Gasteiger partial charge in [-0.05, 0) is 49.7 Å². The third kappa shape index (κ3) is 5.85. The third-order valence-electron chi connectivity index (χ3n) is 7.54. The lowest BCUT2D eigenvalue weighted by molar-refractivity contribution is -0.129. The van der Waals surface area contributed by atoms with Crippen LogP contribution in [0.15, 0.2) is 48.1 Å². The summed E-state index contributed by atoms with van der Waals surface area (Å²) < 4.78 is 1.73. The molecule has 2 amide bonds. The van der Waals surface area contributed by atoms with Crippen molar-refractivity contribution in [1.82, 2.24) is 34.7 Å². The van der Waals surface area contributed by atoms with Crippen LogP contribution in [0, 0.1) is 0 Å². The van der Waals surface area contributed by atoms with Crippen molar-refractivity contribution in [2.24, 2.45) is 0 Å². The molecule has 1 aliphatic heterocycles. The number of likely N-dealkylation sites (N-methyl/N-ethyl adjacent to an activating group) is 1. The maximum absolute atomic E-state index is 13.5. The van der Waals surface area contributed by atoms with Crippen molar-refractivity contribution >= 4 is 34.6 Å². The molecule has 0 bridgehead atoms. The summed E-state index contributed by atoms with van der Waals surface area (Å²) in [6, 6.07) is 9.89. The fraction of sp³-hybridized carbons (Fsp3) is 0.414. The second-order valence-corrected chi connectivity index (χ2v) is 10.9. The zero-order valence-corrected chi connectivity index (χ0v) is 24.3. The lowest BCUT2D eigenvalue weighted by Gasteiger charge is -2.35. The van der Waals surface area contributed by atoms with Gasteiger partial charge in [0, 0.05) is 57.4 Å². The van der Waals surface area contributed by atoms with E-state index >= 15 is 0 Å². The van der Waals surface area contributed by atoms with Crippen molar-refractivity contribution in [2.75, 3.05) is 50.7 Å². The van der Waals surface area contributed by atoms with Gasteiger partial charge >= 0.3 is 0 Å². The zero-order chi connectivity index (χ0) is 28.2. The Hall–Kier alpha value is -3.83. The van der Waals surface area contributed by atoms with E-state index in [0.29, 0.717) is 55.4 Å². The third-order valence-corrected chi connectivity index (χ3v) is 8.43. The van der Waals surface area contributed by atoms with Crippen molar-refractivity contribution < 1.29 is 9.59 Å². The van der Waals surface area contributed by atoms with Crippen LogP contribution >= 0.6 is 11.3 Å². The van der Waals surface area contributed by atoms with E-state index in [-0.39, 0.29) is 17.9 Å². The number of aromatic nitrogens is 4. The van der Waals surface area contributed by atoms with Crippen LogP contribution in [0.25, 0.3) is 27.5 Å². The number of rotatable bonds is 9. The van der Waals surface area contributed by atoms with Gasteiger partial charge in [0.1, 0.15) is 5.82 Å². The number of piperazine rings is 1. The Labute approximate surface area is 238 Å². The summed E-state index contributed by atoms with van der Waals surface area (Å²) >= 11 is 1.63. The molecule has 5 rings (SSSR count). The van der Waals surface area contributed by atoms with E-state index in [1.165, 1.54) is 0 Å². The predicted molar refractivity (Wildman–Crippen MR) is 159 cm³/mol. The van der Waals surface area contributed by atoms with Gasteiger partial charge in [-0.15, -0.1) is 11.3 Å². The molecule has 0 saturated carbocycles. The highest BCUT2D eigenvalue weighted by Gasteiger charge is 2.23. The van der Waals surface area contributed by atoms with Crippen molar-refractivity contribution in [2.45, 2.75) is 33.7 Å². The minimum atomic E-state index is -0.144. The van der Waals surface area contributed by atoms with E-state index in [1.807, 2.05) is 46.8 Å². The molecule has 1 unspecified atom stereocenters. The molecule has 1 saturated heterocycles. The molecule has 4 aromatic heterocycles. The van der Waals surface area contributed by atoms with Crippen LogP contribution < -0.4 is 10.2 Å². The number of amides is 2. The number of anilines is 1. The number of hydrogen-bond acceptors (Lipinski definition) is 8. The molecule has 1 N–H and O–H groups in total. The van der Waals surface area contributed by atoms with Crippen molar-refractivity contribution in [3.63, 3.8) is 0 Å². The van der Waals surface area contributed by atoms with Crippen LogP contribution in [0.5, 0.6) is 0 Å². The van der Waals surface area contributed by atoms with Gasteiger partial charge in [0.15, 0.2) is 5.65 Å². The average molecular weight is 561 g/mol. The zero-order valence-electron chi connectivity index (χ0n) is 23.5. The van der Waals surface area contributed by atoms with Gasteiger partial charge in [0.2, 0.25) is 5.91 Å². The van der Waals surface area contributed by atoms with Gasteiger partial charge in [0.05, 0.1) is 28.0 Å². The SMILES string of the molecule is CCN(CC)C(C)CNC(=O)c1cc(-c2cnn3ccc(-c4cccs4)nc23)nc(N2CCN(C(C)=O)CC2)c1. The number of carbonyl (C=O) groups is 2. The fourth-order valence-corrected chi connectivity index (χ4v) is 5.82. The van der Waals surface area contributed by atoms with E-state index in [2.05, 4.69) is 41.0 Å². The monoisotopic (exact) mass is 560 g/mol. The molecule has 0 spiro atoms. The number of carbonyl (C=O) groups excluding carboxylic acids is 2. The van der Waals surface area contributed by atoms with Gasteiger partial charge in [-0.3, -0.25) is 14.5 Å². The Morgan fingerprint density at radius 2 is 1.85 bits per heavy atom. The molecule has 40 heavy (non-hydrogen) atoms. The van der Waals surface area contributed by atoms with Crippen molar-refractivity contribution in [3.05, 3.63) is 53.7 Å². The van der Waals surface area contributed by atoms with Crippen LogP contribution in [0.2, 0.25) is 0 Å². The summed E-state index contributed by atoms with van der Waals surface area (Å²) in [5, 5.41) is 9.67. The number of hydrogen-bond donors (Lipinski definition) is 1. The standard InChI is InChI=1S/C29H36N8O2S/c1-5-34(6-2)20(3)18-30-29(39)22-16-25(32-27(17-22)36-13-11-35(12-14-36)21(4)38)23-19-31-37-10-9-24(33-28(23)37)26-8-7-15-40-26/h7-10,15-17,19-20H,5-6,11-14,18H2,1-4H3,(H,30,39). The second-order valence-electron chi connectivity index (χ2n) is 9.99. The van der Waals surface area contributed by atoms with E-state index in [4.69, 9.17) is 9.97 Å². The molecular formula is C29H36N8O2S. The van der Waals surface area contributed by atoms with E-state index in [1.54, 1.807) is 29.0 Å². The quantitative estimate of drug-likeness (QED) is 0.334. The van der Waals surface area contributed by atoms with Gasteiger partial charge in [-0.1, -0.05) is 19.9 Å². The lowest BCUT2D eigenvalue weighted by Crippen LogP contribution is -2.48. The first-order valence-corrected chi connectivity index (χ1v) is 14.7. The maximum Gasteiger partial charge on any atom is 0.251 e. The summed E-state index contributed by atoms with van der Waals surface area (Å²) in [6.45, 7) is 12.9. The summed E-state index contributed by atoms with van der Waals surface area (Å²) in [5.74, 6) is 0.633. The molecule has 5 heterocycles. The Kier molecular flexibility index (Phi) is 8.41. The molecule has 10 nitrogen and oxygen atoms in total. The number of thiophene rings is 1. The van der Waals surface area contributed by atoms with E-state index in [0.717, 1.165) is 29.2 Å². The van der Waals surface area contributed by atoms with E-state index in [9.17, 15) is 9.59 Å². The molecular weight excluding hydrogens is 524 g/mol. The molecule has 1 atom stereocenters. The molecule has 210 valence electrons. The van der Waals surface area contributed by atoms with Crippen molar-refractivity contribution in [3.8, 4) is 21.8 Å². The van der Waals surface area contributed by atoms with Crippen LogP contribution in [0.1, 0.15) is 38.1 Å². The largest absolute Gasteiger partial charge is 0.353 e. The topological polar surface area (TPSA) is 99.0 Å². The van der Waals surface area contributed by atoms with Crippen molar-refractivity contribution in [1.29, 1.82) is 0 Å². The fourth-order valence-electron chi connectivity index (χ4n) is 5.13. The molecule has 0 aromatic carbocycles. The number of fused-ring (bicyclic) bond motifs is 1. The van der Waals surface area contributed by atoms with Gasteiger partial charge in [-0.25, -0.2) is 14.5 Å². The van der Waals surface area contributed by atoms with Gasteiger partial charge < -0.3 is 15.1 Å². The summed E-state index contributed by atoms with van der Waals surface area (Å²) in [5.41, 5.74) is 3.48. The normalized spacial score (nSPS) is 14.6. The van der Waals surface area contributed by atoms with Crippen LogP contribution in [0.3, 0.4) is 0 Å². The Bertz CT molecular complexity index is 1470. The minimum Gasteiger partial charge on any atom is -0.353 e. The molecule has 1 aliphatic rings. The van der Waals surface area contributed by atoms with Crippen LogP contribution in [-0.4, -0.2) is 93.1 Å². The molecule has 4 aromatic rings. The van der Waals surface area contributed by atoms with Gasteiger partial charge in [0.25, 0.3) is 5.91 Å². The molecule has 1 fully saturated rings. The second kappa shape index (κ2) is 12.1. The number of pyridine rings is 1. The number of nitrogens with one attached hydrogen (secondary N) is 1. The van der Waals surface area contributed by atoms with E-state index < -0.39 is 0 Å². The highest BCUT2D eigenvalue weighted by atomic mass is 32.1. The first kappa shape index (κ1) is 27.7. The number of nitrogens with zero attached hydrogens (tertiary/aromatic N) is 7. The lowest BCUT2D eigenvalue weighted by atomic mass is 10.1. The smallest absolute Gasteiger partial charge is 0.251 e. The Balaban J connectivity index is 1.50. The summed E-state index contributed by atoms with van der Waals surface area (Å²) in [6.07, 6.45) is 3.65. The Morgan fingerprint density at radius 3 is 2.52 bits per heavy atom. The predicted octanol–water partition coefficient (Wildman–Crippen LogP) is 3.65. The highest BCUT2D eigenvalue weighted by molar-refractivity contribution is 7.13. The molecule has 0 radical (unpaired) electrons. The van der Waals surface area contributed by atoms with Gasteiger partial charge in [-0.2, -0.15) is 5.10 Å². The molecule has 11 heteroatoms. The summed E-state index contributed by atoms with van der Waals surface area (Å²) in [4.78, 5) is 42.6. The molecule has 0 aliphatic carbocycles. The summed E-state index contributed by atoms with van der Waals surface area (Å²) in [7, 11) is 0. The average Bonchev–Trinajstić information content (AvgIpc) is 3.66. The Morgan fingerprint density at radius 1 is 1.07 bits per heavy atom. The maximum atomic E-state index is 13.5. The first-order valence-electron chi connectivity index (χ1n) is 13.8. The minimum absolute atomic E-state index is 0.0720. The first-order chi connectivity index (χ1) is 19.4. The highest BCUT2D eigenvalue weighted by Crippen LogP contribution is 2.29. The van der Waals surface area contributed by atoms with Crippen LogP contribution in [0.4, 0.5) is 5.82 Å².